The zero-order valence-electron chi connectivity index (χ0n) is 6.83. The molecule has 1 rings (SSSR count). The van der Waals surface area contributed by atoms with Crippen LogP contribution in [-0.2, 0) is 14.3 Å². The van der Waals surface area contributed by atoms with Gasteiger partial charge in [0.15, 0.2) is 0 Å². The largest absolute Gasteiger partial charge is 0.469 e. The first-order valence-corrected chi connectivity index (χ1v) is 4.75. The summed E-state index contributed by atoms with van der Waals surface area (Å²) in [6.07, 6.45) is 0.174. The smallest absolute Gasteiger partial charge is 0.307 e. The summed E-state index contributed by atoms with van der Waals surface area (Å²) in [6, 6.07) is 0. The van der Waals surface area contributed by atoms with E-state index in [1.54, 1.807) is 0 Å². The van der Waals surface area contributed by atoms with E-state index in [9.17, 15) is 9.59 Å². The summed E-state index contributed by atoms with van der Waals surface area (Å²) in [5.41, 5.74) is 0. The zero-order chi connectivity index (χ0) is 8.97. The van der Waals surface area contributed by atoms with Crippen molar-refractivity contribution < 1.29 is 14.3 Å². The van der Waals surface area contributed by atoms with Crippen LogP contribution in [0.1, 0.15) is 6.42 Å². The van der Waals surface area contributed by atoms with Crippen LogP contribution in [-0.4, -0.2) is 36.5 Å². The Hall–Kier alpha value is -0.710. The second-order valence-corrected chi connectivity index (χ2v) is 3.74. The third-order valence-corrected chi connectivity index (χ3v) is 2.82. The molecular formula is C7H11NO3S. The van der Waals surface area contributed by atoms with Crippen LogP contribution in [0.5, 0.6) is 0 Å². The Morgan fingerprint density at radius 2 is 2.58 bits per heavy atom. The van der Waals surface area contributed by atoms with E-state index < -0.39 is 0 Å². The monoisotopic (exact) mass is 189 g/mol. The molecule has 0 spiro atoms. The lowest BCUT2D eigenvalue weighted by molar-refractivity contribution is -0.141. The van der Waals surface area contributed by atoms with Crippen LogP contribution in [0.25, 0.3) is 0 Å². The Balaban J connectivity index is 2.39. The Morgan fingerprint density at radius 1 is 1.83 bits per heavy atom. The number of amides is 1. The molecule has 1 N–H and O–H groups in total. The molecule has 1 aliphatic heterocycles. The van der Waals surface area contributed by atoms with Crippen LogP contribution >= 0.6 is 11.8 Å². The van der Waals surface area contributed by atoms with E-state index in [1.807, 2.05) is 0 Å². The summed E-state index contributed by atoms with van der Waals surface area (Å²) in [6.45, 7) is 0.696. The van der Waals surface area contributed by atoms with E-state index in [0.717, 1.165) is 5.75 Å². The van der Waals surface area contributed by atoms with Gasteiger partial charge in [0, 0.05) is 12.3 Å². The number of esters is 1. The molecule has 0 unspecified atom stereocenters. The molecule has 68 valence electrons. The lowest BCUT2D eigenvalue weighted by Crippen LogP contribution is -2.40. The number of thioether (sulfide) groups is 1. The van der Waals surface area contributed by atoms with Gasteiger partial charge in [-0.1, -0.05) is 0 Å². The Bertz CT molecular complexity index is 195. The van der Waals surface area contributed by atoms with Gasteiger partial charge in [0.25, 0.3) is 0 Å². The van der Waals surface area contributed by atoms with Crippen LogP contribution < -0.4 is 5.32 Å². The first-order valence-electron chi connectivity index (χ1n) is 3.70. The molecule has 5 heteroatoms. The molecule has 0 aromatic rings. The average molecular weight is 189 g/mol. The van der Waals surface area contributed by atoms with Gasteiger partial charge in [0.05, 0.1) is 18.8 Å². The Labute approximate surface area is 75.0 Å². The standard InChI is InChI=1S/C7H11NO3S/c1-11-6(9)4-5-7(10)8-2-3-12-5/h5H,2-4H2,1H3,(H,8,10)/t5-/m0/s1. The SMILES string of the molecule is COC(=O)C[C@@H]1SCCNC1=O. The van der Waals surface area contributed by atoms with E-state index in [4.69, 9.17) is 0 Å². The maximum absolute atomic E-state index is 11.1. The zero-order valence-corrected chi connectivity index (χ0v) is 7.65. The summed E-state index contributed by atoms with van der Waals surface area (Å²) in [7, 11) is 1.33. The van der Waals surface area contributed by atoms with Gasteiger partial charge in [-0.25, -0.2) is 0 Å². The van der Waals surface area contributed by atoms with Crippen LogP contribution in [0.3, 0.4) is 0 Å². The van der Waals surface area contributed by atoms with Crippen molar-refractivity contribution in [2.45, 2.75) is 11.7 Å². The first-order chi connectivity index (χ1) is 5.74. The number of nitrogens with one attached hydrogen (secondary N) is 1. The third kappa shape index (κ3) is 2.41. The summed E-state index contributed by atoms with van der Waals surface area (Å²) >= 11 is 1.50. The molecule has 0 radical (unpaired) electrons. The minimum atomic E-state index is -0.329. The maximum atomic E-state index is 11.1. The summed E-state index contributed by atoms with van der Waals surface area (Å²) in [4.78, 5) is 21.9. The Kier molecular flexibility index (Phi) is 3.40. The Morgan fingerprint density at radius 3 is 3.17 bits per heavy atom. The third-order valence-electron chi connectivity index (χ3n) is 1.59. The van der Waals surface area contributed by atoms with Gasteiger partial charge >= 0.3 is 5.97 Å². The first kappa shape index (κ1) is 9.38. The van der Waals surface area contributed by atoms with Gasteiger partial charge in [-0.15, -0.1) is 11.8 Å². The number of hydrogen-bond donors (Lipinski definition) is 1. The van der Waals surface area contributed by atoms with Gasteiger partial charge in [-0.05, 0) is 0 Å². The van der Waals surface area contributed by atoms with E-state index in [-0.39, 0.29) is 23.5 Å². The molecule has 1 fully saturated rings. The summed E-state index contributed by atoms with van der Waals surface area (Å²) in [5, 5.41) is 2.44. The highest BCUT2D eigenvalue weighted by Gasteiger charge is 2.25. The molecule has 1 aliphatic rings. The molecule has 0 bridgehead atoms. The highest BCUT2D eigenvalue weighted by atomic mass is 32.2. The van der Waals surface area contributed by atoms with Crippen LogP contribution in [0, 0.1) is 0 Å². The highest BCUT2D eigenvalue weighted by molar-refractivity contribution is 8.00. The van der Waals surface area contributed by atoms with Gasteiger partial charge in [-0.3, -0.25) is 9.59 Å². The van der Waals surface area contributed by atoms with Gasteiger partial charge < -0.3 is 10.1 Å². The number of carbonyl (C=O) groups excluding carboxylic acids is 2. The fourth-order valence-electron chi connectivity index (χ4n) is 0.951. The predicted octanol–water partition coefficient (Wildman–Crippen LogP) is -0.219. The molecular weight excluding hydrogens is 178 g/mol. The van der Waals surface area contributed by atoms with Crippen molar-refractivity contribution in [1.82, 2.24) is 5.32 Å². The van der Waals surface area contributed by atoms with Crippen molar-refractivity contribution in [3.05, 3.63) is 0 Å². The average Bonchev–Trinajstić information content (AvgIpc) is 2.09. The van der Waals surface area contributed by atoms with Gasteiger partial charge in [-0.2, -0.15) is 0 Å². The van der Waals surface area contributed by atoms with Gasteiger partial charge in [0.1, 0.15) is 0 Å². The van der Waals surface area contributed by atoms with Crippen LogP contribution in [0.15, 0.2) is 0 Å². The lowest BCUT2D eigenvalue weighted by Gasteiger charge is -2.19. The topological polar surface area (TPSA) is 55.4 Å². The number of methoxy groups -OCH3 is 1. The van der Waals surface area contributed by atoms with Crippen LogP contribution in [0.2, 0.25) is 0 Å². The number of carbonyl (C=O) groups is 2. The second kappa shape index (κ2) is 4.35. The highest BCUT2D eigenvalue weighted by Crippen LogP contribution is 2.17. The van der Waals surface area contributed by atoms with Gasteiger partial charge in [0.2, 0.25) is 5.91 Å². The van der Waals surface area contributed by atoms with E-state index >= 15 is 0 Å². The molecule has 1 atom stereocenters. The second-order valence-electron chi connectivity index (χ2n) is 2.43. The number of hydrogen-bond acceptors (Lipinski definition) is 4. The minimum Gasteiger partial charge on any atom is -0.469 e. The lowest BCUT2D eigenvalue weighted by atomic mass is 10.3. The maximum Gasteiger partial charge on any atom is 0.307 e. The molecule has 0 saturated carbocycles. The summed E-state index contributed by atoms with van der Waals surface area (Å²) < 4.78 is 4.47. The van der Waals surface area contributed by atoms with E-state index in [0.29, 0.717) is 6.54 Å². The normalized spacial score (nSPS) is 23.1. The number of ether oxygens (including phenoxy) is 1. The number of rotatable bonds is 2. The van der Waals surface area contributed by atoms with Crippen molar-refractivity contribution in [1.29, 1.82) is 0 Å². The van der Waals surface area contributed by atoms with Crippen LogP contribution in [0.4, 0.5) is 0 Å². The quantitative estimate of drug-likeness (QED) is 0.610. The van der Waals surface area contributed by atoms with Crippen molar-refractivity contribution in [3.63, 3.8) is 0 Å². The molecule has 4 nitrogen and oxygen atoms in total. The fourth-order valence-corrected chi connectivity index (χ4v) is 1.94. The van der Waals surface area contributed by atoms with E-state index in [1.165, 1.54) is 18.9 Å². The molecule has 1 amide bonds. The van der Waals surface area contributed by atoms with Crippen molar-refractivity contribution in [3.8, 4) is 0 Å². The molecule has 1 saturated heterocycles. The fraction of sp³-hybridized carbons (Fsp3) is 0.714. The van der Waals surface area contributed by atoms with E-state index in [2.05, 4.69) is 10.1 Å². The van der Waals surface area contributed by atoms with Crippen molar-refractivity contribution >= 4 is 23.6 Å². The molecule has 0 aromatic heterocycles. The molecule has 0 aliphatic carbocycles. The summed E-state index contributed by atoms with van der Waals surface area (Å²) in [5.74, 6) is 0.481. The molecule has 0 aromatic carbocycles. The predicted molar refractivity (Wildman–Crippen MR) is 45.9 cm³/mol. The molecule has 12 heavy (non-hydrogen) atoms. The minimum absolute atomic E-state index is 0.0587. The van der Waals surface area contributed by atoms with Crippen molar-refractivity contribution in [2.24, 2.45) is 0 Å². The molecule has 1 heterocycles. The van der Waals surface area contributed by atoms with Crippen molar-refractivity contribution in [2.75, 3.05) is 19.4 Å².